The van der Waals surface area contributed by atoms with Gasteiger partial charge in [-0.3, -0.25) is 4.79 Å². The van der Waals surface area contributed by atoms with Crippen molar-refractivity contribution in [3.8, 4) is 0 Å². The summed E-state index contributed by atoms with van der Waals surface area (Å²) in [6.45, 7) is 9.04. The molecule has 0 radical (unpaired) electrons. The molecule has 1 heterocycles. The molecule has 30 heavy (non-hydrogen) atoms. The molecular weight excluding hydrogens is 380 g/mol. The van der Waals surface area contributed by atoms with E-state index in [0.717, 1.165) is 38.4 Å². The second-order valence-electron chi connectivity index (χ2n) is 7.98. The summed E-state index contributed by atoms with van der Waals surface area (Å²) in [6.07, 6.45) is 0.0603. The molecule has 0 unspecified atom stereocenters. The fourth-order valence-corrected chi connectivity index (χ4v) is 3.35. The minimum absolute atomic E-state index is 0.362. The monoisotopic (exact) mass is 410 g/mol. The Morgan fingerprint density at radius 3 is 2.23 bits per heavy atom. The first-order valence-electron chi connectivity index (χ1n) is 10.5. The molecule has 0 aromatic heterocycles. The minimum Gasteiger partial charge on any atom is -0.449 e. The van der Waals surface area contributed by atoms with E-state index in [9.17, 15) is 9.59 Å². The van der Waals surface area contributed by atoms with Crippen LogP contribution < -0.4 is 10.2 Å². The van der Waals surface area contributed by atoms with Crippen LogP contribution in [0.4, 0.5) is 11.4 Å². The maximum Gasteiger partial charge on any atom is 0.338 e. The molecular formula is C24H30N2O4. The summed E-state index contributed by atoms with van der Waals surface area (Å²) in [4.78, 5) is 27.0. The summed E-state index contributed by atoms with van der Waals surface area (Å²) in [5, 5.41) is 2.80. The van der Waals surface area contributed by atoms with Crippen molar-refractivity contribution >= 4 is 23.3 Å². The molecule has 2 aromatic rings. The van der Waals surface area contributed by atoms with E-state index in [4.69, 9.17) is 9.47 Å². The molecule has 6 nitrogen and oxygen atoms in total. The number of nitrogens with zero attached hydrogens (tertiary/aromatic N) is 1. The van der Waals surface area contributed by atoms with Gasteiger partial charge >= 0.3 is 5.97 Å². The third-order valence-electron chi connectivity index (χ3n) is 5.00. The lowest BCUT2D eigenvalue weighted by molar-refractivity contribution is -0.123. The number of esters is 1. The molecule has 1 amide bonds. The van der Waals surface area contributed by atoms with Crippen molar-refractivity contribution in [1.82, 2.24) is 0 Å². The molecule has 0 saturated carbocycles. The Hall–Kier alpha value is -2.86. The van der Waals surface area contributed by atoms with Gasteiger partial charge in [0.2, 0.25) is 0 Å². The Kier molecular flexibility index (Phi) is 7.46. The first kappa shape index (κ1) is 21.8. The van der Waals surface area contributed by atoms with Gasteiger partial charge in [0.05, 0.1) is 18.8 Å². The number of benzene rings is 2. The molecule has 6 heteroatoms. The zero-order valence-corrected chi connectivity index (χ0v) is 17.9. The second kappa shape index (κ2) is 10.3. The summed E-state index contributed by atoms with van der Waals surface area (Å²) < 4.78 is 10.7. The summed E-state index contributed by atoms with van der Waals surface area (Å²) in [7, 11) is 0. The first-order valence-corrected chi connectivity index (χ1v) is 10.5. The fraction of sp³-hybridized carbons (Fsp3) is 0.417. The predicted molar refractivity (Wildman–Crippen MR) is 118 cm³/mol. The number of nitrogens with one attached hydrogen (secondary N) is 1. The van der Waals surface area contributed by atoms with Gasteiger partial charge in [-0.2, -0.15) is 0 Å². The van der Waals surface area contributed by atoms with Gasteiger partial charge in [0, 0.05) is 24.5 Å². The number of anilines is 2. The Morgan fingerprint density at radius 2 is 1.63 bits per heavy atom. The molecule has 0 spiro atoms. The van der Waals surface area contributed by atoms with Gasteiger partial charge < -0.3 is 19.7 Å². The Bertz CT molecular complexity index is 841. The topological polar surface area (TPSA) is 67.9 Å². The zero-order valence-electron chi connectivity index (χ0n) is 17.9. The van der Waals surface area contributed by atoms with Crippen LogP contribution in [0.2, 0.25) is 0 Å². The third-order valence-corrected chi connectivity index (χ3v) is 5.00. The van der Waals surface area contributed by atoms with Crippen LogP contribution in [0.1, 0.15) is 36.7 Å². The third kappa shape index (κ3) is 6.07. The lowest BCUT2D eigenvalue weighted by Crippen LogP contribution is -2.36. The standard InChI is InChI=1S/C24H30N2O4/c1-17(2)16-19-4-6-20(7-5-19)24(28)30-18(3)23(27)25-21-8-10-22(11-9-21)26-12-14-29-15-13-26/h4-11,17-18H,12-16H2,1-3H3,(H,25,27)/t18-/m0/s1. The molecule has 0 bridgehead atoms. The second-order valence-corrected chi connectivity index (χ2v) is 7.98. The van der Waals surface area contributed by atoms with E-state index in [-0.39, 0.29) is 5.91 Å². The number of amides is 1. The normalized spacial score (nSPS) is 15.0. The van der Waals surface area contributed by atoms with Gasteiger partial charge in [0.25, 0.3) is 5.91 Å². The highest BCUT2D eigenvalue weighted by molar-refractivity contribution is 5.97. The van der Waals surface area contributed by atoms with E-state index >= 15 is 0 Å². The van der Waals surface area contributed by atoms with E-state index in [1.165, 1.54) is 5.56 Å². The van der Waals surface area contributed by atoms with Gasteiger partial charge in [-0.15, -0.1) is 0 Å². The van der Waals surface area contributed by atoms with Crippen molar-refractivity contribution in [2.45, 2.75) is 33.3 Å². The quantitative estimate of drug-likeness (QED) is 0.701. The number of morpholine rings is 1. The van der Waals surface area contributed by atoms with Crippen molar-refractivity contribution in [2.75, 3.05) is 36.5 Å². The van der Waals surface area contributed by atoms with Crippen molar-refractivity contribution in [1.29, 1.82) is 0 Å². The predicted octanol–water partition coefficient (Wildman–Crippen LogP) is 3.91. The maximum atomic E-state index is 12.4. The molecule has 1 atom stereocenters. The van der Waals surface area contributed by atoms with Gasteiger partial charge in [-0.1, -0.05) is 26.0 Å². The van der Waals surface area contributed by atoms with Gasteiger partial charge in [-0.25, -0.2) is 4.79 Å². The average Bonchev–Trinajstić information content (AvgIpc) is 2.75. The summed E-state index contributed by atoms with van der Waals surface area (Å²) in [5.74, 6) is -0.315. The zero-order chi connectivity index (χ0) is 21.5. The highest BCUT2D eigenvalue weighted by atomic mass is 16.5. The van der Waals surface area contributed by atoms with Crippen molar-refractivity contribution in [3.63, 3.8) is 0 Å². The van der Waals surface area contributed by atoms with E-state index in [2.05, 4.69) is 24.1 Å². The summed E-state index contributed by atoms with van der Waals surface area (Å²) in [6, 6.07) is 15.0. The number of carbonyl (C=O) groups is 2. The van der Waals surface area contributed by atoms with Gasteiger partial charge in [0.15, 0.2) is 6.10 Å². The molecule has 160 valence electrons. The van der Waals surface area contributed by atoms with Crippen LogP contribution in [0.25, 0.3) is 0 Å². The number of ether oxygens (including phenoxy) is 2. The van der Waals surface area contributed by atoms with Crippen molar-refractivity contribution in [2.24, 2.45) is 5.92 Å². The van der Waals surface area contributed by atoms with E-state index < -0.39 is 12.1 Å². The molecule has 1 aliphatic heterocycles. The molecule has 1 fully saturated rings. The number of rotatable bonds is 7. The Labute approximate surface area is 178 Å². The van der Waals surface area contributed by atoms with E-state index in [0.29, 0.717) is 17.2 Å². The fourth-order valence-electron chi connectivity index (χ4n) is 3.35. The number of carbonyl (C=O) groups excluding carboxylic acids is 2. The van der Waals surface area contributed by atoms with Gasteiger partial charge in [0.1, 0.15) is 0 Å². The molecule has 0 aliphatic carbocycles. The van der Waals surface area contributed by atoms with Crippen LogP contribution in [-0.2, 0) is 20.7 Å². The Balaban J connectivity index is 1.52. The average molecular weight is 411 g/mol. The van der Waals surface area contributed by atoms with Crippen LogP contribution in [0.5, 0.6) is 0 Å². The van der Waals surface area contributed by atoms with Crippen LogP contribution in [-0.4, -0.2) is 44.3 Å². The largest absolute Gasteiger partial charge is 0.449 e. The SMILES string of the molecule is CC(C)Cc1ccc(C(=O)O[C@@H](C)C(=O)Nc2ccc(N3CCOCC3)cc2)cc1. The minimum atomic E-state index is -0.897. The lowest BCUT2D eigenvalue weighted by atomic mass is 10.0. The van der Waals surface area contributed by atoms with Crippen LogP contribution in [0, 0.1) is 5.92 Å². The summed E-state index contributed by atoms with van der Waals surface area (Å²) in [5.41, 5.74) is 3.37. The molecule has 1 N–H and O–H groups in total. The van der Waals surface area contributed by atoms with Crippen molar-refractivity contribution in [3.05, 3.63) is 59.7 Å². The van der Waals surface area contributed by atoms with Crippen LogP contribution in [0.3, 0.4) is 0 Å². The van der Waals surface area contributed by atoms with Crippen LogP contribution >= 0.6 is 0 Å². The lowest BCUT2D eigenvalue weighted by Gasteiger charge is -2.28. The highest BCUT2D eigenvalue weighted by Gasteiger charge is 2.19. The Morgan fingerprint density at radius 1 is 1.00 bits per heavy atom. The molecule has 1 saturated heterocycles. The van der Waals surface area contributed by atoms with E-state index in [1.807, 2.05) is 36.4 Å². The molecule has 1 aliphatic rings. The first-order chi connectivity index (χ1) is 14.4. The van der Waals surface area contributed by atoms with Crippen molar-refractivity contribution < 1.29 is 19.1 Å². The maximum absolute atomic E-state index is 12.4. The van der Waals surface area contributed by atoms with Crippen LogP contribution in [0.15, 0.2) is 48.5 Å². The van der Waals surface area contributed by atoms with Gasteiger partial charge in [-0.05, 0) is 61.2 Å². The molecule has 2 aromatic carbocycles. The number of hydrogen-bond donors (Lipinski definition) is 1. The highest BCUT2D eigenvalue weighted by Crippen LogP contribution is 2.19. The number of hydrogen-bond acceptors (Lipinski definition) is 5. The smallest absolute Gasteiger partial charge is 0.338 e. The summed E-state index contributed by atoms with van der Waals surface area (Å²) >= 11 is 0. The molecule has 3 rings (SSSR count). The van der Waals surface area contributed by atoms with E-state index in [1.54, 1.807) is 19.1 Å².